The van der Waals surface area contributed by atoms with Crippen LogP contribution >= 0.6 is 0 Å². The van der Waals surface area contributed by atoms with Gasteiger partial charge in [-0.25, -0.2) is 0 Å². The molecule has 1 rings (SSSR count). The van der Waals surface area contributed by atoms with Gasteiger partial charge in [0.25, 0.3) is 0 Å². The van der Waals surface area contributed by atoms with E-state index in [2.05, 4.69) is 63.5 Å². The molecule has 0 radical (unpaired) electrons. The molecule has 18 heavy (non-hydrogen) atoms. The Labute approximate surface area is 112 Å². The maximum Gasteiger partial charge on any atom is 0.0246 e. The maximum absolute atomic E-state index is 3.54. The van der Waals surface area contributed by atoms with Crippen LogP contribution in [0.1, 0.15) is 50.3 Å². The zero-order valence-corrected chi connectivity index (χ0v) is 12.7. The monoisotopic (exact) mass is 248 g/mol. The summed E-state index contributed by atoms with van der Waals surface area (Å²) in [6, 6.07) is 6.80. The Bertz CT molecular complexity index is 381. The van der Waals surface area contributed by atoms with E-state index < -0.39 is 0 Å². The Morgan fingerprint density at radius 2 is 1.89 bits per heavy atom. The SMILES string of the molecule is CNC(C)(C)CNCc1cc(C(C)C)ccc1C. The molecule has 0 amide bonds. The van der Waals surface area contributed by atoms with Crippen molar-refractivity contribution in [3.05, 3.63) is 34.9 Å². The first-order chi connectivity index (χ1) is 8.35. The van der Waals surface area contributed by atoms with Crippen molar-refractivity contribution in [3.63, 3.8) is 0 Å². The number of aryl methyl sites for hydroxylation is 1. The van der Waals surface area contributed by atoms with Crippen LogP contribution in [0.4, 0.5) is 0 Å². The van der Waals surface area contributed by atoms with Gasteiger partial charge in [-0.15, -0.1) is 0 Å². The Hall–Kier alpha value is -0.860. The minimum atomic E-state index is 0.142. The average molecular weight is 248 g/mol. The van der Waals surface area contributed by atoms with Crippen LogP contribution in [-0.2, 0) is 6.54 Å². The lowest BCUT2D eigenvalue weighted by Crippen LogP contribution is -2.45. The molecule has 1 aromatic carbocycles. The zero-order chi connectivity index (χ0) is 13.8. The van der Waals surface area contributed by atoms with Gasteiger partial charge < -0.3 is 10.6 Å². The molecule has 0 saturated carbocycles. The molecule has 0 aliphatic heterocycles. The van der Waals surface area contributed by atoms with Gasteiger partial charge in [0.1, 0.15) is 0 Å². The van der Waals surface area contributed by atoms with Crippen LogP contribution < -0.4 is 10.6 Å². The van der Waals surface area contributed by atoms with Crippen LogP contribution in [0, 0.1) is 6.92 Å². The summed E-state index contributed by atoms with van der Waals surface area (Å²) in [7, 11) is 2.01. The lowest BCUT2D eigenvalue weighted by atomic mass is 9.97. The molecule has 0 spiro atoms. The van der Waals surface area contributed by atoms with Crippen molar-refractivity contribution >= 4 is 0 Å². The van der Waals surface area contributed by atoms with Gasteiger partial charge in [0, 0.05) is 18.6 Å². The van der Waals surface area contributed by atoms with E-state index in [-0.39, 0.29) is 5.54 Å². The Kier molecular flexibility index (Phi) is 5.36. The lowest BCUT2D eigenvalue weighted by molar-refractivity contribution is 0.393. The molecule has 102 valence electrons. The van der Waals surface area contributed by atoms with Crippen LogP contribution in [0.5, 0.6) is 0 Å². The van der Waals surface area contributed by atoms with Crippen LogP contribution in [0.2, 0.25) is 0 Å². The third kappa shape index (κ3) is 4.43. The van der Waals surface area contributed by atoms with Crippen molar-refractivity contribution in [1.82, 2.24) is 10.6 Å². The molecule has 0 saturated heterocycles. The highest BCUT2D eigenvalue weighted by Gasteiger charge is 2.13. The second kappa shape index (κ2) is 6.35. The number of nitrogens with one attached hydrogen (secondary N) is 2. The first-order valence-electron chi connectivity index (χ1n) is 6.85. The number of likely N-dealkylation sites (N-methyl/N-ethyl adjacent to an activating group) is 1. The fraction of sp³-hybridized carbons (Fsp3) is 0.625. The summed E-state index contributed by atoms with van der Waals surface area (Å²) in [5.74, 6) is 0.595. The van der Waals surface area contributed by atoms with E-state index in [9.17, 15) is 0 Å². The fourth-order valence-corrected chi connectivity index (χ4v) is 1.84. The summed E-state index contributed by atoms with van der Waals surface area (Å²) < 4.78 is 0. The first kappa shape index (κ1) is 15.2. The molecule has 2 nitrogen and oxygen atoms in total. The van der Waals surface area contributed by atoms with E-state index in [1.165, 1.54) is 16.7 Å². The molecule has 0 fully saturated rings. The summed E-state index contributed by atoms with van der Waals surface area (Å²) >= 11 is 0. The van der Waals surface area contributed by atoms with E-state index in [1.807, 2.05) is 7.05 Å². The zero-order valence-electron chi connectivity index (χ0n) is 12.7. The number of hydrogen-bond acceptors (Lipinski definition) is 2. The second-order valence-electron chi connectivity index (χ2n) is 6.08. The lowest BCUT2D eigenvalue weighted by Gasteiger charge is -2.24. The predicted molar refractivity (Wildman–Crippen MR) is 80.1 cm³/mol. The molecule has 1 aromatic rings. The minimum Gasteiger partial charge on any atom is -0.314 e. The standard InChI is InChI=1S/C16H28N2/c1-12(2)14-8-7-13(3)15(9-14)10-18-11-16(4,5)17-6/h7-9,12,17-18H,10-11H2,1-6H3. The Balaban J connectivity index is 2.64. The highest BCUT2D eigenvalue weighted by Crippen LogP contribution is 2.18. The topological polar surface area (TPSA) is 24.1 Å². The maximum atomic E-state index is 3.54. The number of hydrogen-bond donors (Lipinski definition) is 2. The summed E-state index contributed by atoms with van der Waals surface area (Å²) in [6.45, 7) is 13.0. The quantitative estimate of drug-likeness (QED) is 0.808. The van der Waals surface area contributed by atoms with E-state index >= 15 is 0 Å². The Morgan fingerprint density at radius 1 is 1.22 bits per heavy atom. The molecule has 0 aliphatic carbocycles. The molecule has 0 bridgehead atoms. The summed E-state index contributed by atoms with van der Waals surface area (Å²) in [4.78, 5) is 0. The van der Waals surface area contributed by atoms with Gasteiger partial charge >= 0.3 is 0 Å². The summed E-state index contributed by atoms with van der Waals surface area (Å²) in [5.41, 5.74) is 4.34. The van der Waals surface area contributed by atoms with Crippen molar-refractivity contribution in [2.45, 2.75) is 52.6 Å². The van der Waals surface area contributed by atoms with Crippen molar-refractivity contribution in [1.29, 1.82) is 0 Å². The summed E-state index contributed by atoms with van der Waals surface area (Å²) in [6.07, 6.45) is 0. The second-order valence-corrected chi connectivity index (χ2v) is 6.08. The summed E-state index contributed by atoms with van der Waals surface area (Å²) in [5, 5.41) is 6.85. The van der Waals surface area contributed by atoms with Crippen molar-refractivity contribution in [2.75, 3.05) is 13.6 Å². The molecule has 0 unspecified atom stereocenters. The normalized spacial score (nSPS) is 12.2. The predicted octanol–water partition coefficient (Wildman–Crippen LogP) is 3.21. The van der Waals surface area contributed by atoms with Gasteiger partial charge in [0.15, 0.2) is 0 Å². The van der Waals surface area contributed by atoms with Crippen LogP contribution in [0.25, 0.3) is 0 Å². The molecule has 0 aliphatic rings. The van der Waals surface area contributed by atoms with Crippen LogP contribution in [-0.4, -0.2) is 19.1 Å². The third-order valence-electron chi connectivity index (χ3n) is 3.60. The van der Waals surface area contributed by atoms with Gasteiger partial charge in [-0.3, -0.25) is 0 Å². The van der Waals surface area contributed by atoms with E-state index in [4.69, 9.17) is 0 Å². The molecule has 0 heterocycles. The molecule has 0 atom stereocenters. The highest BCUT2D eigenvalue weighted by atomic mass is 15.0. The Morgan fingerprint density at radius 3 is 2.44 bits per heavy atom. The highest BCUT2D eigenvalue weighted by molar-refractivity contribution is 5.32. The van der Waals surface area contributed by atoms with Crippen molar-refractivity contribution < 1.29 is 0 Å². The van der Waals surface area contributed by atoms with Gasteiger partial charge in [-0.1, -0.05) is 32.0 Å². The third-order valence-corrected chi connectivity index (χ3v) is 3.60. The van der Waals surface area contributed by atoms with Crippen molar-refractivity contribution in [2.24, 2.45) is 0 Å². The van der Waals surface area contributed by atoms with E-state index in [1.54, 1.807) is 0 Å². The fourth-order valence-electron chi connectivity index (χ4n) is 1.84. The van der Waals surface area contributed by atoms with Gasteiger partial charge in [-0.2, -0.15) is 0 Å². The van der Waals surface area contributed by atoms with E-state index in [0.29, 0.717) is 5.92 Å². The van der Waals surface area contributed by atoms with Gasteiger partial charge in [-0.05, 0) is 50.4 Å². The number of benzene rings is 1. The first-order valence-corrected chi connectivity index (χ1v) is 6.85. The molecule has 2 N–H and O–H groups in total. The van der Waals surface area contributed by atoms with E-state index in [0.717, 1.165) is 13.1 Å². The largest absolute Gasteiger partial charge is 0.314 e. The van der Waals surface area contributed by atoms with Crippen LogP contribution in [0.15, 0.2) is 18.2 Å². The van der Waals surface area contributed by atoms with Gasteiger partial charge in [0.2, 0.25) is 0 Å². The average Bonchev–Trinajstić information content (AvgIpc) is 2.31. The number of rotatable bonds is 6. The van der Waals surface area contributed by atoms with Crippen LogP contribution in [0.3, 0.4) is 0 Å². The molecule has 0 aromatic heterocycles. The molecular formula is C16H28N2. The van der Waals surface area contributed by atoms with Crippen molar-refractivity contribution in [3.8, 4) is 0 Å². The minimum absolute atomic E-state index is 0.142. The molecular weight excluding hydrogens is 220 g/mol. The molecule has 2 heteroatoms. The van der Waals surface area contributed by atoms with Gasteiger partial charge in [0.05, 0.1) is 0 Å². The smallest absolute Gasteiger partial charge is 0.0246 e.